The number of carboxylic acid groups (broad SMARTS) is 2. The number of carbonyl (C=O) groups excluding carboxylic acids is 2. The van der Waals surface area contributed by atoms with Crippen molar-refractivity contribution in [3.63, 3.8) is 0 Å². The fourth-order valence-electron chi connectivity index (χ4n) is 7.80. The molecule has 0 heterocycles. The van der Waals surface area contributed by atoms with Gasteiger partial charge in [-0.15, -0.1) is 0 Å². The van der Waals surface area contributed by atoms with E-state index in [1.54, 1.807) is 0 Å². The van der Waals surface area contributed by atoms with Crippen molar-refractivity contribution in [2.24, 2.45) is 5.92 Å². The molecule has 0 rings (SSSR count). The van der Waals surface area contributed by atoms with E-state index in [-0.39, 0.29) is 18.0 Å². The van der Waals surface area contributed by atoms with E-state index in [9.17, 15) is 24.3 Å². The molecule has 0 saturated heterocycles. The van der Waals surface area contributed by atoms with Crippen LogP contribution in [-0.4, -0.2) is 45.3 Å². The number of unbranched alkanes of at least 4 members (excludes halogenated alkanes) is 32. The monoisotopic (exact) mass is 853 g/mol. The van der Waals surface area contributed by atoms with Crippen molar-refractivity contribution in [2.45, 2.75) is 303 Å². The molecule has 356 valence electrons. The van der Waals surface area contributed by atoms with Crippen molar-refractivity contribution in [3.8, 4) is 0 Å². The smallest absolute Gasteiger partial charge is 0.313 e. The summed E-state index contributed by atoms with van der Waals surface area (Å²) in [6.07, 6.45) is 47.2. The zero-order valence-electron chi connectivity index (χ0n) is 39.9. The molecule has 0 aliphatic rings. The van der Waals surface area contributed by atoms with Gasteiger partial charge in [-0.2, -0.15) is 0 Å². The molecule has 0 radical (unpaired) electrons. The van der Waals surface area contributed by atoms with Gasteiger partial charge in [0, 0.05) is 25.7 Å². The van der Waals surface area contributed by atoms with Crippen molar-refractivity contribution in [3.05, 3.63) is 0 Å². The highest BCUT2D eigenvalue weighted by molar-refractivity contribution is 5.85. The first-order valence-electron chi connectivity index (χ1n) is 25.9. The largest absolute Gasteiger partial charge is 0.481 e. The van der Waals surface area contributed by atoms with Crippen molar-refractivity contribution in [2.75, 3.05) is 0 Å². The molecule has 0 saturated carbocycles. The van der Waals surface area contributed by atoms with Gasteiger partial charge in [-0.05, 0) is 44.4 Å². The summed E-state index contributed by atoms with van der Waals surface area (Å²) >= 11 is 0. The summed E-state index contributed by atoms with van der Waals surface area (Å²) < 4.78 is 4.98. The van der Waals surface area contributed by atoms with Crippen molar-refractivity contribution in [1.29, 1.82) is 0 Å². The number of hydrogen-bond donors (Lipinski definition) is 3. The summed E-state index contributed by atoms with van der Waals surface area (Å²) in [6, 6.07) is 0. The molecule has 0 aliphatic heterocycles. The molecule has 8 heteroatoms. The summed E-state index contributed by atoms with van der Waals surface area (Å²) in [6.45, 7) is 6.82. The Bertz CT molecular complexity index is 935. The van der Waals surface area contributed by atoms with Gasteiger partial charge in [0.1, 0.15) is 0 Å². The molecule has 0 fully saturated rings. The lowest BCUT2D eigenvalue weighted by atomic mass is 10.0. The molecule has 0 aromatic rings. The SMILES string of the molecule is CC(C)CCCCCCCCCCCCCCC(=O)OC(=O)CCCCCCCCCCCCCCC(=O)O.CCCCCCC(O)CCCCCCCCCCC(=O)O. The highest BCUT2D eigenvalue weighted by atomic mass is 16.6. The van der Waals surface area contributed by atoms with Gasteiger partial charge in [0.2, 0.25) is 0 Å². The molecule has 0 aromatic carbocycles. The van der Waals surface area contributed by atoms with Crippen molar-refractivity contribution >= 4 is 23.9 Å². The number of ether oxygens (including phenoxy) is 1. The molecule has 0 spiro atoms. The maximum Gasteiger partial charge on any atom is 0.313 e. The molecule has 8 nitrogen and oxygen atoms in total. The minimum absolute atomic E-state index is 0.0853. The van der Waals surface area contributed by atoms with Gasteiger partial charge < -0.3 is 20.1 Å². The third kappa shape index (κ3) is 56.0. The van der Waals surface area contributed by atoms with E-state index in [1.165, 1.54) is 161 Å². The Morgan fingerprint density at radius 1 is 0.350 bits per heavy atom. The molecule has 0 aromatic heterocycles. The van der Waals surface area contributed by atoms with Crippen LogP contribution in [0.4, 0.5) is 0 Å². The number of aliphatic carboxylic acids is 2. The topological polar surface area (TPSA) is 138 Å². The summed E-state index contributed by atoms with van der Waals surface area (Å²) in [7, 11) is 0. The lowest BCUT2D eigenvalue weighted by molar-refractivity contribution is -0.159. The van der Waals surface area contributed by atoms with Crippen LogP contribution in [0.15, 0.2) is 0 Å². The Hall–Kier alpha value is -1.96. The standard InChI is InChI=1S/C34H64O5.C18H36O3/c1-31(2)27-23-19-15-11-7-3-5-9-13-17-21-25-29-33(37)39-34(38)30-26-22-18-14-10-6-4-8-12-16-20-24-28-32(35)36;1-2-3-4-11-14-17(19)15-12-9-7-5-6-8-10-13-16-18(20)21/h31H,3-30H2,1-2H3,(H,35,36);17,19H,2-16H2,1H3,(H,20,21). The molecule has 0 bridgehead atoms. The first-order valence-corrected chi connectivity index (χ1v) is 25.9. The fourth-order valence-corrected chi connectivity index (χ4v) is 7.80. The predicted octanol–water partition coefficient (Wildman–Crippen LogP) is 16.0. The number of esters is 2. The van der Waals surface area contributed by atoms with E-state index in [0.29, 0.717) is 25.7 Å². The fraction of sp³-hybridized carbons (Fsp3) is 0.923. The van der Waals surface area contributed by atoms with E-state index >= 15 is 0 Å². The Kier molecular flexibility index (Phi) is 49.8. The highest BCUT2D eigenvalue weighted by Gasteiger charge is 2.10. The van der Waals surface area contributed by atoms with Crippen LogP contribution in [0.3, 0.4) is 0 Å². The van der Waals surface area contributed by atoms with Crippen LogP contribution in [0.25, 0.3) is 0 Å². The number of aliphatic hydroxyl groups is 1. The second-order valence-electron chi connectivity index (χ2n) is 18.4. The quantitative estimate of drug-likeness (QED) is 0.0313. The van der Waals surface area contributed by atoms with Gasteiger partial charge in [-0.3, -0.25) is 19.2 Å². The molecule has 0 aliphatic carbocycles. The van der Waals surface area contributed by atoms with Crippen LogP contribution < -0.4 is 0 Å². The van der Waals surface area contributed by atoms with Gasteiger partial charge in [0.25, 0.3) is 0 Å². The lowest BCUT2D eigenvalue weighted by Crippen LogP contribution is -2.11. The molecule has 1 unspecified atom stereocenters. The molecule has 0 amide bonds. The summed E-state index contributed by atoms with van der Waals surface area (Å²) in [4.78, 5) is 44.6. The average Bonchev–Trinajstić information content (AvgIpc) is 3.20. The van der Waals surface area contributed by atoms with Gasteiger partial charge in [0.05, 0.1) is 6.10 Å². The zero-order valence-corrected chi connectivity index (χ0v) is 39.9. The molecule has 3 N–H and O–H groups in total. The van der Waals surface area contributed by atoms with Gasteiger partial charge in [-0.1, -0.05) is 233 Å². The second kappa shape index (κ2) is 49.7. The normalized spacial score (nSPS) is 11.7. The van der Waals surface area contributed by atoms with Crippen molar-refractivity contribution < 1.29 is 39.2 Å². The molecular formula is C52H100O8. The summed E-state index contributed by atoms with van der Waals surface area (Å²) in [5.41, 5.74) is 0. The van der Waals surface area contributed by atoms with Crippen LogP contribution in [0, 0.1) is 5.92 Å². The predicted molar refractivity (Wildman–Crippen MR) is 251 cm³/mol. The van der Waals surface area contributed by atoms with Crippen LogP contribution in [0.2, 0.25) is 0 Å². The number of aliphatic hydroxyl groups excluding tert-OH is 1. The maximum absolute atomic E-state index is 11.9. The van der Waals surface area contributed by atoms with E-state index in [1.807, 2.05) is 0 Å². The van der Waals surface area contributed by atoms with E-state index in [4.69, 9.17) is 14.9 Å². The maximum atomic E-state index is 11.9. The van der Waals surface area contributed by atoms with Crippen LogP contribution >= 0.6 is 0 Å². The number of rotatable bonds is 46. The van der Waals surface area contributed by atoms with Gasteiger partial charge >= 0.3 is 23.9 Å². The Labute approximate surface area is 370 Å². The van der Waals surface area contributed by atoms with E-state index in [0.717, 1.165) is 95.8 Å². The van der Waals surface area contributed by atoms with Crippen LogP contribution in [0.1, 0.15) is 297 Å². The first-order chi connectivity index (χ1) is 29.1. The summed E-state index contributed by atoms with van der Waals surface area (Å²) in [5.74, 6) is -1.23. The average molecular weight is 853 g/mol. The van der Waals surface area contributed by atoms with E-state index in [2.05, 4.69) is 20.8 Å². The molecule has 1 atom stereocenters. The third-order valence-corrected chi connectivity index (χ3v) is 11.7. The van der Waals surface area contributed by atoms with Gasteiger partial charge in [0.15, 0.2) is 0 Å². The Morgan fingerprint density at radius 3 is 0.850 bits per heavy atom. The lowest BCUT2D eigenvalue weighted by Gasteiger charge is -2.10. The minimum atomic E-state index is -0.689. The van der Waals surface area contributed by atoms with E-state index < -0.39 is 11.9 Å². The number of carboxylic acids is 2. The second-order valence-corrected chi connectivity index (χ2v) is 18.4. The Morgan fingerprint density at radius 2 is 0.583 bits per heavy atom. The first kappa shape index (κ1) is 60.1. The zero-order chi connectivity index (χ0) is 44.6. The van der Waals surface area contributed by atoms with Crippen molar-refractivity contribution in [1.82, 2.24) is 0 Å². The van der Waals surface area contributed by atoms with Gasteiger partial charge in [-0.25, -0.2) is 0 Å². The molecular weight excluding hydrogens is 753 g/mol. The summed E-state index contributed by atoms with van der Waals surface area (Å²) in [5, 5.41) is 27.0. The highest BCUT2D eigenvalue weighted by Crippen LogP contribution is 2.17. The number of carbonyl (C=O) groups is 4. The molecule has 60 heavy (non-hydrogen) atoms. The van der Waals surface area contributed by atoms with Crippen LogP contribution in [-0.2, 0) is 23.9 Å². The minimum Gasteiger partial charge on any atom is -0.481 e. The third-order valence-electron chi connectivity index (χ3n) is 11.7. The number of hydrogen-bond acceptors (Lipinski definition) is 6. The Balaban J connectivity index is 0. The van der Waals surface area contributed by atoms with Crippen LogP contribution in [0.5, 0.6) is 0 Å².